The summed E-state index contributed by atoms with van der Waals surface area (Å²) >= 11 is 0. The van der Waals surface area contributed by atoms with Crippen molar-refractivity contribution in [2.45, 2.75) is 13.8 Å². The van der Waals surface area contributed by atoms with Crippen LogP contribution in [-0.2, 0) is 0 Å². The molecule has 0 saturated heterocycles. The summed E-state index contributed by atoms with van der Waals surface area (Å²) in [7, 11) is 1.56. The fourth-order valence-corrected chi connectivity index (χ4v) is 2.34. The highest BCUT2D eigenvalue weighted by molar-refractivity contribution is 5.56. The van der Waals surface area contributed by atoms with Crippen molar-refractivity contribution in [2.75, 3.05) is 7.11 Å². The standard InChI is InChI=1S/C16H15FN4O/c1-10-9-12(17)7-8-14(10)21-11(2)19-20-16(21)13-5-4-6-15(18-13)22-3/h4-9H,1-3H3. The minimum absolute atomic E-state index is 0.270. The predicted molar refractivity (Wildman–Crippen MR) is 80.6 cm³/mol. The molecular formula is C16H15FN4O. The van der Waals surface area contributed by atoms with Crippen molar-refractivity contribution in [3.63, 3.8) is 0 Å². The molecule has 0 aliphatic rings. The molecule has 0 unspecified atom stereocenters. The number of methoxy groups -OCH3 is 1. The minimum atomic E-state index is -0.270. The number of benzene rings is 1. The van der Waals surface area contributed by atoms with E-state index in [1.807, 2.05) is 30.5 Å². The Labute approximate surface area is 127 Å². The van der Waals surface area contributed by atoms with Crippen molar-refractivity contribution in [2.24, 2.45) is 0 Å². The van der Waals surface area contributed by atoms with Crippen molar-refractivity contribution >= 4 is 0 Å². The van der Waals surface area contributed by atoms with E-state index < -0.39 is 0 Å². The van der Waals surface area contributed by atoms with Crippen LogP contribution >= 0.6 is 0 Å². The molecule has 0 saturated carbocycles. The first-order chi connectivity index (χ1) is 10.6. The van der Waals surface area contributed by atoms with Gasteiger partial charge >= 0.3 is 0 Å². The van der Waals surface area contributed by atoms with E-state index >= 15 is 0 Å². The van der Waals surface area contributed by atoms with Gasteiger partial charge in [0.1, 0.15) is 17.3 Å². The van der Waals surface area contributed by atoms with E-state index in [1.54, 1.807) is 19.2 Å². The van der Waals surface area contributed by atoms with Crippen LogP contribution in [-0.4, -0.2) is 26.9 Å². The third kappa shape index (κ3) is 2.43. The lowest BCUT2D eigenvalue weighted by Gasteiger charge is -2.11. The summed E-state index contributed by atoms with van der Waals surface area (Å²) < 4.78 is 20.4. The van der Waals surface area contributed by atoms with Crippen LogP contribution in [0, 0.1) is 19.7 Å². The van der Waals surface area contributed by atoms with E-state index in [4.69, 9.17) is 4.74 Å². The largest absolute Gasteiger partial charge is 0.481 e. The predicted octanol–water partition coefficient (Wildman–Crippen LogP) is 3.09. The second-order valence-electron chi connectivity index (χ2n) is 4.90. The molecule has 0 aliphatic heterocycles. The molecule has 0 N–H and O–H groups in total. The Balaban J connectivity index is 2.19. The molecule has 1 aromatic carbocycles. The molecule has 6 heteroatoms. The van der Waals surface area contributed by atoms with Gasteiger partial charge in [-0.25, -0.2) is 9.37 Å². The maximum absolute atomic E-state index is 13.3. The number of aryl methyl sites for hydroxylation is 2. The Kier molecular flexibility index (Phi) is 3.58. The second kappa shape index (κ2) is 5.55. The van der Waals surface area contributed by atoms with E-state index in [1.165, 1.54) is 12.1 Å². The van der Waals surface area contributed by atoms with Crippen molar-refractivity contribution in [1.29, 1.82) is 0 Å². The summed E-state index contributed by atoms with van der Waals surface area (Å²) in [5.41, 5.74) is 2.26. The van der Waals surface area contributed by atoms with Gasteiger partial charge in [0.2, 0.25) is 5.88 Å². The quantitative estimate of drug-likeness (QED) is 0.745. The molecule has 0 amide bonds. The van der Waals surface area contributed by atoms with Crippen LogP contribution in [0.3, 0.4) is 0 Å². The molecule has 0 atom stereocenters. The monoisotopic (exact) mass is 298 g/mol. The van der Waals surface area contributed by atoms with Gasteiger partial charge in [-0.05, 0) is 43.7 Å². The Hall–Kier alpha value is -2.76. The van der Waals surface area contributed by atoms with Gasteiger partial charge < -0.3 is 4.74 Å². The smallest absolute Gasteiger partial charge is 0.213 e. The lowest BCUT2D eigenvalue weighted by atomic mass is 10.2. The van der Waals surface area contributed by atoms with Crippen LogP contribution in [0.1, 0.15) is 11.4 Å². The highest BCUT2D eigenvalue weighted by Crippen LogP contribution is 2.25. The molecule has 3 aromatic rings. The lowest BCUT2D eigenvalue weighted by molar-refractivity contribution is 0.398. The number of halogens is 1. The maximum atomic E-state index is 13.3. The Bertz CT molecular complexity index is 829. The first-order valence-corrected chi connectivity index (χ1v) is 6.80. The summed E-state index contributed by atoms with van der Waals surface area (Å²) in [5.74, 6) is 1.52. The zero-order valence-corrected chi connectivity index (χ0v) is 12.5. The van der Waals surface area contributed by atoms with Crippen molar-refractivity contribution < 1.29 is 9.13 Å². The molecule has 0 aliphatic carbocycles. The zero-order chi connectivity index (χ0) is 15.7. The van der Waals surface area contributed by atoms with E-state index in [2.05, 4.69) is 15.2 Å². The molecule has 112 valence electrons. The number of rotatable bonds is 3. The van der Waals surface area contributed by atoms with Crippen LogP contribution in [0.4, 0.5) is 4.39 Å². The molecule has 0 bridgehead atoms. The number of hydrogen-bond donors (Lipinski definition) is 0. The van der Waals surface area contributed by atoms with Gasteiger partial charge in [0.25, 0.3) is 0 Å². The van der Waals surface area contributed by atoms with E-state index in [0.717, 1.165) is 11.3 Å². The Morgan fingerprint density at radius 3 is 2.64 bits per heavy atom. The number of ether oxygens (including phenoxy) is 1. The SMILES string of the molecule is COc1cccc(-c2nnc(C)n2-c2ccc(F)cc2C)n1. The molecule has 5 nitrogen and oxygen atoms in total. The van der Waals surface area contributed by atoms with Gasteiger partial charge in [0.05, 0.1) is 12.8 Å². The van der Waals surface area contributed by atoms with E-state index in [9.17, 15) is 4.39 Å². The fraction of sp³-hybridized carbons (Fsp3) is 0.188. The topological polar surface area (TPSA) is 52.8 Å². The van der Waals surface area contributed by atoms with Gasteiger partial charge in [0, 0.05) is 6.07 Å². The van der Waals surface area contributed by atoms with Gasteiger partial charge in [0.15, 0.2) is 5.82 Å². The van der Waals surface area contributed by atoms with Crippen LogP contribution < -0.4 is 4.74 Å². The molecule has 2 aromatic heterocycles. The third-order valence-electron chi connectivity index (χ3n) is 3.39. The summed E-state index contributed by atoms with van der Waals surface area (Å²) in [6.07, 6.45) is 0. The van der Waals surface area contributed by atoms with Gasteiger partial charge in [-0.1, -0.05) is 6.07 Å². The van der Waals surface area contributed by atoms with Crippen molar-refractivity contribution in [3.05, 3.63) is 53.6 Å². The molecule has 0 fully saturated rings. The summed E-state index contributed by atoms with van der Waals surface area (Å²) in [6, 6.07) is 10.1. The number of nitrogens with zero attached hydrogens (tertiary/aromatic N) is 4. The summed E-state index contributed by atoms with van der Waals surface area (Å²) in [5, 5.41) is 8.33. The third-order valence-corrected chi connectivity index (χ3v) is 3.39. The maximum Gasteiger partial charge on any atom is 0.213 e. The van der Waals surface area contributed by atoms with Crippen LogP contribution in [0.15, 0.2) is 36.4 Å². The number of hydrogen-bond acceptors (Lipinski definition) is 4. The van der Waals surface area contributed by atoms with Gasteiger partial charge in [-0.15, -0.1) is 10.2 Å². The first-order valence-electron chi connectivity index (χ1n) is 6.80. The zero-order valence-electron chi connectivity index (χ0n) is 12.5. The Morgan fingerprint density at radius 2 is 1.91 bits per heavy atom. The molecule has 3 rings (SSSR count). The molecule has 2 heterocycles. The van der Waals surface area contributed by atoms with E-state index in [-0.39, 0.29) is 5.82 Å². The summed E-state index contributed by atoms with van der Waals surface area (Å²) in [6.45, 7) is 3.69. The fourth-order valence-electron chi connectivity index (χ4n) is 2.34. The van der Waals surface area contributed by atoms with Crippen molar-refractivity contribution in [3.8, 4) is 23.1 Å². The van der Waals surface area contributed by atoms with Gasteiger partial charge in [-0.2, -0.15) is 0 Å². The first kappa shape index (κ1) is 14.2. The summed E-state index contributed by atoms with van der Waals surface area (Å²) in [4.78, 5) is 4.39. The lowest BCUT2D eigenvalue weighted by Crippen LogP contribution is -2.03. The number of aromatic nitrogens is 4. The normalized spacial score (nSPS) is 10.7. The molecular weight excluding hydrogens is 283 g/mol. The van der Waals surface area contributed by atoms with Crippen molar-refractivity contribution in [1.82, 2.24) is 19.7 Å². The molecule has 0 spiro atoms. The average molecular weight is 298 g/mol. The van der Waals surface area contributed by atoms with Gasteiger partial charge in [-0.3, -0.25) is 4.57 Å². The van der Waals surface area contributed by atoms with Crippen LogP contribution in [0.25, 0.3) is 17.2 Å². The average Bonchev–Trinajstić information content (AvgIpc) is 2.89. The highest BCUT2D eigenvalue weighted by Gasteiger charge is 2.16. The van der Waals surface area contributed by atoms with Crippen LogP contribution in [0.5, 0.6) is 5.88 Å². The minimum Gasteiger partial charge on any atom is -0.481 e. The van der Waals surface area contributed by atoms with Crippen LogP contribution in [0.2, 0.25) is 0 Å². The highest BCUT2D eigenvalue weighted by atomic mass is 19.1. The molecule has 0 radical (unpaired) electrons. The second-order valence-corrected chi connectivity index (χ2v) is 4.90. The molecule has 22 heavy (non-hydrogen) atoms. The number of pyridine rings is 1. The Morgan fingerprint density at radius 1 is 1.09 bits per heavy atom. The van der Waals surface area contributed by atoms with E-state index in [0.29, 0.717) is 23.2 Å².